The van der Waals surface area contributed by atoms with Crippen LogP contribution in [0.15, 0.2) is 24.3 Å². The molecule has 0 saturated carbocycles. The van der Waals surface area contributed by atoms with Crippen molar-refractivity contribution in [2.45, 2.75) is 45.6 Å². The number of nitrogens with zero attached hydrogens (tertiary/aromatic N) is 1. The van der Waals surface area contributed by atoms with Crippen LogP contribution in [0.1, 0.15) is 40.0 Å². The molecular weight excluding hydrogens is 264 g/mol. The van der Waals surface area contributed by atoms with Gasteiger partial charge in [0.25, 0.3) is 0 Å². The highest BCUT2D eigenvalue weighted by atomic mass is 16.5. The second kappa shape index (κ2) is 9.25. The molecule has 0 bridgehead atoms. The van der Waals surface area contributed by atoms with Crippen LogP contribution in [-0.4, -0.2) is 25.3 Å². The van der Waals surface area contributed by atoms with Gasteiger partial charge in [-0.15, -0.1) is 0 Å². The van der Waals surface area contributed by atoms with E-state index in [1.54, 1.807) is 0 Å². The minimum atomic E-state index is -0.433. The van der Waals surface area contributed by atoms with Gasteiger partial charge >= 0.3 is 0 Å². The minimum absolute atomic E-state index is 0.433. The molecule has 21 heavy (non-hydrogen) atoms. The van der Waals surface area contributed by atoms with E-state index in [0.717, 1.165) is 37.3 Å². The first-order valence-electron chi connectivity index (χ1n) is 7.72. The summed E-state index contributed by atoms with van der Waals surface area (Å²) in [6.45, 7) is 8.02. The van der Waals surface area contributed by atoms with Crippen molar-refractivity contribution in [3.63, 3.8) is 0 Å². The maximum atomic E-state index is 9.36. The Labute approximate surface area is 128 Å². The summed E-state index contributed by atoms with van der Waals surface area (Å²) >= 11 is 0. The number of rotatable bonds is 10. The summed E-state index contributed by atoms with van der Waals surface area (Å²) in [6, 6.07) is 10.1. The van der Waals surface area contributed by atoms with Crippen molar-refractivity contribution in [3.8, 4) is 17.6 Å². The minimum Gasteiger partial charge on any atom is -0.490 e. The molecule has 0 fully saturated rings. The van der Waals surface area contributed by atoms with Crippen LogP contribution in [0.4, 0.5) is 0 Å². The number of hydrogen-bond acceptors (Lipinski definition) is 4. The van der Waals surface area contributed by atoms with E-state index in [2.05, 4.69) is 11.4 Å². The van der Waals surface area contributed by atoms with Crippen LogP contribution in [0.5, 0.6) is 11.5 Å². The van der Waals surface area contributed by atoms with Crippen LogP contribution in [0.3, 0.4) is 0 Å². The van der Waals surface area contributed by atoms with Crippen molar-refractivity contribution >= 4 is 0 Å². The van der Waals surface area contributed by atoms with Gasteiger partial charge in [0.15, 0.2) is 11.5 Å². The van der Waals surface area contributed by atoms with Crippen molar-refractivity contribution in [2.75, 3.05) is 19.8 Å². The third-order valence-corrected chi connectivity index (χ3v) is 3.49. The van der Waals surface area contributed by atoms with E-state index in [1.165, 1.54) is 0 Å². The van der Waals surface area contributed by atoms with E-state index in [1.807, 2.05) is 45.0 Å². The standard InChI is InChI=1S/C17H26N2O2/c1-4-17(14-18,19-5-2)12-9-13-21-16-11-8-7-10-15(16)20-6-3/h7-8,10-11,19H,4-6,9,12-13H2,1-3H3. The molecule has 0 amide bonds. The van der Waals surface area contributed by atoms with Gasteiger partial charge in [0, 0.05) is 0 Å². The number of para-hydroxylation sites is 2. The van der Waals surface area contributed by atoms with E-state index in [0.29, 0.717) is 13.2 Å². The van der Waals surface area contributed by atoms with Gasteiger partial charge in [0.1, 0.15) is 5.54 Å². The van der Waals surface area contributed by atoms with Crippen molar-refractivity contribution < 1.29 is 9.47 Å². The summed E-state index contributed by atoms with van der Waals surface area (Å²) in [7, 11) is 0. The summed E-state index contributed by atoms with van der Waals surface area (Å²) in [5, 5.41) is 12.6. The van der Waals surface area contributed by atoms with Crippen LogP contribution in [0.25, 0.3) is 0 Å². The van der Waals surface area contributed by atoms with E-state index in [4.69, 9.17) is 9.47 Å². The molecule has 4 nitrogen and oxygen atoms in total. The Bertz CT molecular complexity index is 456. The molecule has 1 unspecified atom stereocenters. The fourth-order valence-electron chi connectivity index (χ4n) is 2.30. The van der Waals surface area contributed by atoms with Gasteiger partial charge in [-0.1, -0.05) is 26.0 Å². The van der Waals surface area contributed by atoms with Gasteiger partial charge < -0.3 is 9.47 Å². The topological polar surface area (TPSA) is 54.3 Å². The predicted octanol–water partition coefficient (Wildman–Crippen LogP) is 3.53. The average Bonchev–Trinajstić information content (AvgIpc) is 2.52. The average molecular weight is 290 g/mol. The molecule has 0 aromatic heterocycles. The SMILES string of the molecule is CCNC(C#N)(CC)CCCOc1ccccc1OCC. The Morgan fingerprint density at radius 2 is 1.81 bits per heavy atom. The van der Waals surface area contributed by atoms with E-state index < -0.39 is 5.54 Å². The van der Waals surface area contributed by atoms with E-state index in [-0.39, 0.29) is 0 Å². The molecule has 1 rings (SSSR count). The molecule has 0 saturated heterocycles. The Kier molecular flexibility index (Phi) is 7.63. The zero-order chi connectivity index (χ0) is 15.6. The van der Waals surface area contributed by atoms with Crippen LogP contribution < -0.4 is 14.8 Å². The monoisotopic (exact) mass is 290 g/mol. The van der Waals surface area contributed by atoms with Gasteiger partial charge in [-0.05, 0) is 44.9 Å². The Morgan fingerprint density at radius 1 is 1.14 bits per heavy atom. The van der Waals surface area contributed by atoms with Crippen LogP contribution in [0, 0.1) is 11.3 Å². The Morgan fingerprint density at radius 3 is 2.33 bits per heavy atom. The molecule has 1 atom stereocenters. The third-order valence-electron chi connectivity index (χ3n) is 3.49. The van der Waals surface area contributed by atoms with Gasteiger partial charge in [-0.25, -0.2) is 0 Å². The van der Waals surface area contributed by atoms with Gasteiger partial charge in [0.05, 0.1) is 19.3 Å². The third kappa shape index (κ3) is 5.28. The molecule has 0 aliphatic carbocycles. The lowest BCUT2D eigenvalue weighted by Gasteiger charge is -2.26. The molecule has 0 heterocycles. The van der Waals surface area contributed by atoms with Crippen LogP contribution >= 0.6 is 0 Å². The first kappa shape index (κ1) is 17.3. The highest BCUT2D eigenvalue weighted by Gasteiger charge is 2.25. The molecule has 116 valence electrons. The summed E-state index contributed by atoms with van der Waals surface area (Å²) < 4.78 is 11.3. The number of benzene rings is 1. The van der Waals surface area contributed by atoms with E-state index in [9.17, 15) is 5.26 Å². The van der Waals surface area contributed by atoms with Gasteiger partial charge in [0.2, 0.25) is 0 Å². The second-order valence-electron chi connectivity index (χ2n) is 4.91. The number of hydrogen-bond donors (Lipinski definition) is 1. The summed E-state index contributed by atoms with van der Waals surface area (Å²) in [4.78, 5) is 0. The zero-order valence-electron chi connectivity index (χ0n) is 13.3. The highest BCUT2D eigenvalue weighted by Crippen LogP contribution is 2.27. The number of ether oxygens (including phenoxy) is 2. The fourth-order valence-corrected chi connectivity index (χ4v) is 2.30. The van der Waals surface area contributed by atoms with Crippen molar-refractivity contribution in [1.29, 1.82) is 5.26 Å². The molecule has 1 aromatic carbocycles. The number of nitrogens with one attached hydrogen (secondary N) is 1. The molecule has 0 spiro atoms. The smallest absolute Gasteiger partial charge is 0.161 e. The lowest BCUT2D eigenvalue weighted by Crippen LogP contribution is -2.43. The molecular formula is C17H26N2O2. The van der Waals surface area contributed by atoms with Crippen molar-refractivity contribution in [1.82, 2.24) is 5.32 Å². The Hall–Kier alpha value is -1.73. The molecule has 0 radical (unpaired) electrons. The zero-order valence-corrected chi connectivity index (χ0v) is 13.3. The van der Waals surface area contributed by atoms with Crippen molar-refractivity contribution in [2.24, 2.45) is 0 Å². The first-order chi connectivity index (χ1) is 10.2. The normalized spacial score (nSPS) is 13.2. The lowest BCUT2D eigenvalue weighted by atomic mass is 9.92. The summed E-state index contributed by atoms with van der Waals surface area (Å²) in [5.74, 6) is 1.54. The summed E-state index contributed by atoms with van der Waals surface area (Å²) in [5.41, 5.74) is -0.433. The molecule has 1 aromatic rings. The largest absolute Gasteiger partial charge is 0.490 e. The quantitative estimate of drug-likeness (QED) is 0.670. The van der Waals surface area contributed by atoms with E-state index >= 15 is 0 Å². The molecule has 0 aliphatic rings. The highest BCUT2D eigenvalue weighted by molar-refractivity contribution is 5.39. The maximum absolute atomic E-state index is 9.36. The maximum Gasteiger partial charge on any atom is 0.161 e. The Balaban J connectivity index is 2.48. The molecule has 0 aliphatic heterocycles. The predicted molar refractivity (Wildman–Crippen MR) is 84.7 cm³/mol. The van der Waals surface area contributed by atoms with Crippen molar-refractivity contribution in [3.05, 3.63) is 24.3 Å². The summed E-state index contributed by atoms with van der Waals surface area (Å²) in [6.07, 6.45) is 2.41. The van der Waals surface area contributed by atoms with Gasteiger partial charge in [-0.2, -0.15) is 5.26 Å². The lowest BCUT2D eigenvalue weighted by molar-refractivity contribution is 0.256. The fraction of sp³-hybridized carbons (Fsp3) is 0.588. The molecule has 1 N–H and O–H groups in total. The second-order valence-corrected chi connectivity index (χ2v) is 4.91. The number of nitriles is 1. The van der Waals surface area contributed by atoms with Crippen LogP contribution in [0.2, 0.25) is 0 Å². The first-order valence-corrected chi connectivity index (χ1v) is 7.72. The van der Waals surface area contributed by atoms with Crippen LogP contribution in [-0.2, 0) is 0 Å². The molecule has 4 heteroatoms. The van der Waals surface area contributed by atoms with Gasteiger partial charge in [-0.3, -0.25) is 5.32 Å².